The van der Waals surface area contributed by atoms with Crippen molar-refractivity contribution in [2.24, 2.45) is 0 Å². The summed E-state index contributed by atoms with van der Waals surface area (Å²) < 4.78 is 3.97. The van der Waals surface area contributed by atoms with Crippen molar-refractivity contribution in [1.82, 2.24) is 0 Å². The first-order chi connectivity index (χ1) is 3.31. The van der Waals surface area contributed by atoms with Crippen molar-refractivity contribution in [3.63, 3.8) is 0 Å². The fourth-order valence-electron chi connectivity index (χ4n) is 0.185. The number of hydrogen-bond acceptors (Lipinski definition) is 2. The molecule has 0 bridgehead atoms. The molecule has 0 aromatic heterocycles. The van der Waals surface area contributed by atoms with Gasteiger partial charge in [-0.25, -0.2) is 0 Å². The Hall–Kier alpha value is -0.123. The van der Waals surface area contributed by atoms with E-state index in [0.717, 1.165) is 0 Å². The van der Waals surface area contributed by atoms with Crippen LogP contribution in [0.2, 0.25) is 0 Å². The monoisotopic (exact) mass is 118 g/mol. The van der Waals surface area contributed by atoms with Crippen LogP contribution in [0.25, 0.3) is 0 Å². The first kappa shape index (κ1) is 6.88. The van der Waals surface area contributed by atoms with E-state index in [9.17, 15) is 0 Å². The standard InChI is InChI=1S/C4H10O2Si/c1-3-4(2)7-6-5/h3,5H,7H2,1-2H3. The fraction of sp³-hybridized carbons (Fsp3) is 0.500. The molecule has 7 heavy (non-hydrogen) atoms. The molecule has 2 nitrogen and oxygen atoms in total. The summed E-state index contributed by atoms with van der Waals surface area (Å²) in [7, 11) is -0.737. The summed E-state index contributed by atoms with van der Waals surface area (Å²) in [6.07, 6.45) is 1.95. The van der Waals surface area contributed by atoms with Crippen molar-refractivity contribution in [2.75, 3.05) is 0 Å². The van der Waals surface area contributed by atoms with Gasteiger partial charge < -0.3 is 0 Å². The predicted molar refractivity (Wildman–Crippen MR) is 31.7 cm³/mol. The highest BCUT2D eigenvalue weighted by Gasteiger charge is 1.84. The van der Waals surface area contributed by atoms with Crippen LogP contribution in [-0.4, -0.2) is 15.0 Å². The molecule has 0 rings (SSSR count). The summed E-state index contributed by atoms with van der Waals surface area (Å²) in [6, 6.07) is 0. The molecule has 0 atom stereocenters. The second-order valence-corrected chi connectivity index (χ2v) is 3.07. The maximum Gasteiger partial charge on any atom is 0.234 e. The molecular weight excluding hydrogens is 108 g/mol. The Morgan fingerprint density at radius 1 is 1.86 bits per heavy atom. The molecule has 0 aromatic rings. The smallest absolute Gasteiger partial charge is 0.234 e. The number of rotatable bonds is 2. The van der Waals surface area contributed by atoms with Crippen LogP contribution >= 0.6 is 0 Å². The van der Waals surface area contributed by atoms with E-state index in [1.165, 1.54) is 5.20 Å². The summed E-state index contributed by atoms with van der Waals surface area (Å²) in [5.74, 6) is 0. The number of hydrogen-bond donors (Lipinski definition) is 1. The fourth-order valence-corrected chi connectivity index (χ4v) is 0.555. The van der Waals surface area contributed by atoms with Crippen LogP contribution in [-0.2, 0) is 4.58 Å². The minimum atomic E-state index is -0.737. The van der Waals surface area contributed by atoms with Gasteiger partial charge in [0.05, 0.1) is 0 Å². The summed E-state index contributed by atoms with van der Waals surface area (Å²) >= 11 is 0. The topological polar surface area (TPSA) is 29.5 Å². The summed E-state index contributed by atoms with van der Waals surface area (Å²) in [4.78, 5) is 0. The molecule has 0 unspecified atom stereocenters. The van der Waals surface area contributed by atoms with Crippen molar-refractivity contribution in [2.45, 2.75) is 13.8 Å². The van der Waals surface area contributed by atoms with Gasteiger partial charge in [0.1, 0.15) is 0 Å². The highest BCUT2D eigenvalue weighted by Crippen LogP contribution is 1.85. The molecular formula is C4H10O2Si. The largest absolute Gasteiger partial charge is 0.292 e. The average Bonchev–Trinajstić information content (AvgIpc) is 1.68. The van der Waals surface area contributed by atoms with Gasteiger partial charge in [0.2, 0.25) is 9.76 Å². The van der Waals surface area contributed by atoms with Crippen molar-refractivity contribution < 1.29 is 9.83 Å². The van der Waals surface area contributed by atoms with Gasteiger partial charge in [-0.05, 0) is 13.8 Å². The first-order valence-corrected chi connectivity index (χ1v) is 3.48. The third-order valence-corrected chi connectivity index (χ3v) is 1.78. The zero-order chi connectivity index (χ0) is 5.70. The maximum atomic E-state index is 7.89. The Bertz CT molecular complexity index is 70.1. The van der Waals surface area contributed by atoms with E-state index in [1.807, 2.05) is 19.9 Å². The molecule has 0 aliphatic heterocycles. The summed E-state index contributed by atoms with van der Waals surface area (Å²) in [6.45, 7) is 3.88. The van der Waals surface area contributed by atoms with E-state index in [-0.39, 0.29) is 0 Å². The third-order valence-electron chi connectivity index (χ3n) is 0.785. The quantitative estimate of drug-likeness (QED) is 0.325. The molecule has 0 radical (unpaired) electrons. The van der Waals surface area contributed by atoms with E-state index < -0.39 is 9.76 Å². The molecule has 0 amide bonds. The van der Waals surface area contributed by atoms with E-state index in [4.69, 9.17) is 5.26 Å². The van der Waals surface area contributed by atoms with Gasteiger partial charge in [0.15, 0.2) is 0 Å². The molecule has 0 fully saturated rings. The van der Waals surface area contributed by atoms with E-state index in [1.54, 1.807) is 0 Å². The molecule has 0 saturated heterocycles. The van der Waals surface area contributed by atoms with Crippen LogP contribution in [0.5, 0.6) is 0 Å². The zero-order valence-corrected chi connectivity index (χ0v) is 6.05. The van der Waals surface area contributed by atoms with Crippen LogP contribution < -0.4 is 0 Å². The Morgan fingerprint density at radius 3 is 2.57 bits per heavy atom. The SMILES string of the molecule is CC=C(C)[SiH2]OO. The van der Waals surface area contributed by atoms with Crippen LogP contribution in [0.4, 0.5) is 0 Å². The lowest BCUT2D eigenvalue weighted by Crippen LogP contribution is -1.94. The Labute approximate surface area is 45.7 Å². The molecule has 0 aliphatic rings. The molecule has 0 saturated carbocycles. The van der Waals surface area contributed by atoms with Crippen molar-refractivity contribution in [3.05, 3.63) is 11.3 Å². The van der Waals surface area contributed by atoms with Crippen LogP contribution in [0.3, 0.4) is 0 Å². The third kappa shape index (κ3) is 3.71. The highest BCUT2D eigenvalue weighted by atomic mass is 28.2. The zero-order valence-electron chi connectivity index (χ0n) is 4.64. The van der Waals surface area contributed by atoms with Crippen molar-refractivity contribution >= 4 is 9.76 Å². The maximum absolute atomic E-state index is 7.89. The highest BCUT2D eigenvalue weighted by molar-refractivity contribution is 6.37. The van der Waals surface area contributed by atoms with Crippen molar-refractivity contribution in [3.8, 4) is 0 Å². The number of allylic oxidation sites excluding steroid dienone is 2. The van der Waals surface area contributed by atoms with Crippen LogP contribution in [0.1, 0.15) is 13.8 Å². The van der Waals surface area contributed by atoms with E-state index in [2.05, 4.69) is 4.58 Å². The van der Waals surface area contributed by atoms with Gasteiger partial charge >= 0.3 is 0 Å². The molecule has 1 N–H and O–H groups in total. The lowest BCUT2D eigenvalue weighted by molar-refractivity contribution is -0.136. The van der Waals surface area contributed by atoms with Gasteiger partial charge in [-0.1, -0.05) is 11.3 Å². The normalized spacial score (nSPS) is 13.9. The Morgan fingerprint density at radius 2 is 2.43 bits per heavy atom. The van der Waals surface area contributed by atoms with E-state index >= 15 is 0 Å². The molecule has 0 spiro atoms. The lowest BCUT2D eigenvalue weighted by Gasteiger charge is -1.89. The lowest BCUT2D eigenvalue weighted by atomic mass is 10.6. The molecule has 0 aliphatic carbocycles. The molecule has 3 heteroatoms. The predicted octanol–water partition coefficient (Wildman–Crippen LogP) is 0.483. The molecule has 0 aromatic carbocycles. The van der Waals surface area contributed by atoms with Gasteiger partial charge in [-0.2, -0.15) is 0 Å². The minimum absolute atomic E-state index is 0.737. The van der Waals surface area contributed by atoms with Gasteiger partial charge in [0.25, 0.3) is 0 Å². The Balaban J connectivity index is 3.17. The van der Waals surface area contributed by atoms with Gasteiger partial charge in [0, 0.05) is 0 Å². The second kappa shape index (κ2) is 4.05. The van der Waals surface area contributed by atoms with Crippen LogP contribution in [0, 0.1) is 0 Å². The minimum Gasteiger partial charge on any atom is -0.292 e. The van der Waals surface area contributed by atoms with Gasteiger partial charge in [-0.15, -0.1) is 0 Å². The van der Waals surface area contributed by atoms with E-state index in [0.29, 0.717) is 0 Å². The van der Waals surface area contributed by atoms with Crippen molar-refractivity contribution in [1.29, 1.82) is 0 Å². The molecule has 0 heterocycles. The summed E-state index contributed by atoms with van der Waals surface area (Å²) in [5, 5.41) is 9.06. The molecule has 42 valence electrons. The Kier molecular flexibility index (Phi) is 3.98. The van der Waals surface area contributed by atoms with Gasteiger partial charge in [-0.3, -0.25) is 9.83 Å². The summed E-state index contributed by atoms with van der Waals surface area (Å²) in [5.41, 5.74) is 0. The average molecular weight is 118 g/mol. The first-order valence-electron chi connectivity index (χ1n) is 2.19. The van der Waals surface area contributed by atoms with Crippen LogP contribution in [0.15, 0.2) is 11.3 Å². The second-order valence-electron chi connectivity index (χ2n) is 1.41.